The number of aromatic nitrogens is 2. The van der Waals surface area contributed by atoms with Crippen molar-refractivity contribution >= 4 is 23.5 Å². The lowest BCUT2D eigenvalue weighted by Gasteiger charge is -2.03. The molecule has 2 N–H and O–H groups in total. The van der Waals surface area contributed by atoms with Crippen molar-refractivity contribution in [2.24, 2.45) is 0 Å². The van der Waals surface area contributed by atoms with E-state index in [1.54, 1.807) is 50.2 Å². The van der Waals surface area contributed by atoms with E-state index in [1.807, 2.05) is 0 Å². The highest BCUT2D eigenvalue weighted by Gasteiger charge is 2.22. The molecule has 182 valence electrons. The van der Waals surface area contributed by atoms with Gasteiger partial charge in [-0.2, -0.15) is 0 Å². The molecule has 4 aromatic rings. The van der Waals surface area contributed by atoms with Gasteiger partial charge in [-0.15, -0.1) is 0 Å². The number of ether oxygens (including phenoxy) is 2. The minimum Gasteiger partial charge on any atom is -0.465 e. The Morgan fingerprint density at radius 1 is 0.800 bits per heavy atom. The Balaban J connectivity index is 0.000000196. The van der Waals surface area contributed by atoms with Crippen LogP contribution in [0.25, 0.3) is 22.5 Å². The summed E-state index contributed by atoms with van der Waals surface area (Å²) < 4.78 is 36.6. The van der Waals surface area contributed by atoms with Gasteiger partial charge in [-0.3, -0.25) is 0 Å². The summed E-state index contributed by atoms with van der Waals surface area (Å²) in [4.78, 5) is 28.7. The second kappa shape index (κ2) is 11.0. The molecule has 0 aliphatic carbocycles. The van der Waals surface area contributed by atoms with Crippen molar-refractivity contribution in [2.45, 2.75) is 13.8 Å². The molecular formula is C26H23ClF2N2O4. The van der Waals surface area contributed by atoms with Crippen LogP contribution in [0.5, 0.6) is 0 Å². The molecule has 6 nitrogen and oxygen atoms in total. The van der Waals surface area contributed by atoms with Gasteiger partial charge in [-0.1, -0.05) is 35.9 Å². The van der Waals surface area contributed by atoms with Crippen molar-refractivity contribution in [3.63, 3.8) is 0 Å². The van der Waals surface area contributed by atoms with Crippen LogP contribution < -0.4 is 0 Å². The number of benzene rings is 2. The van der Waals surface area contributed by atoms with Gasteiger partial charge >= 0.3 is 11.9 Å². The van der Waals surface area contributed by atoms with Gasteiger partial charge < -0.3 is 19.4 Å². The number of rotatable bonds is 4. The van der Waals surface area contributed by atoms with Gasteiger partial charge in [0.05, 0.1) is 36.7 Å². The molecule has 2 aromatic carbocycles. The molecule has 35 heavy (non-hydrogen) atoms. The largest absolute Gasteiger partial charge is 0.465 e. The topological polar surface area (TPSA) is 84.2 Å². The third kappa shape index (κ3) is 5.27. The summed E-state index contributed by atoms with van der Waals surface area (Å²) in [5, 5.41) is 0.151. The van der Waals surface area contributed by atoms with Crippen molar-refractivity contribution < 1.29 is 27.8 Å². The first-order chi connectivity index (χ1) is 16.7. The first-order valence-electron chi connectivity index (χ1n) is 10.4. The zero-order chi connectivity index (χ0) is 25.7. The smallest absolute Gasteiger partial charge is 0.341 e. The summed E-state index contributed by atoms with van der Waals surface area (Å²) in [6, 6.07) is 12.7. The van der Waals surface area contributed by atoms with Crippen molar-refractivity contribution in [1.29, 1.82) is 0 Å². The maximum absolute atomic E-state index is 13.7. The van der Waals surface area contributed by atoms with E-state index in [-0.39, 0.29) is 22.4 Å². The fourth-order valence-electron chi connectivity index (χ4n) is 3.59. The maximum Gasteiger partial charge on any atom is 0.341 e. The molecule has 9 heteroatoms. The Morgan fingerprint density at radius 3 is 1.83 bits per heavy atom. The zero-order valence-corrected chi connectivity index (χ0v) is 20.2. The molecule has 0 fully saturated rings. The highest BCUT2D eigenvalue weighted by molar-refractivity contribution is 6.33. The Bertz CT molecular complexity index is 1380. The SMILES string of the molecule is COC(=O)c1c(Cl)[nH]c(-c2ccccc2F)c1C.COC(=O)c1c[nH]c(-c2ccccc2F)c1C. The summed E-state index contributed by atoms with van der Waals surface area (Å²) in [6.07, 6.45) is 1.53. The van der Waals surface area contributed by atoms with Crippen LogP contribution in [0.1, 0.15) is 31.8 Å². The van der Waals surface area contributed by atoms with Gasteiger partial charge in [0.25, 0.3) is 0 Å². The molecule has 0 aliphatic rings. The molecule has 0 saturated carbocycles. The summed E-state index contributed by atoms with van der Waals surface area (Å²) in [5.41, 5.74) is 3.80. The predicted molar refractivity (Wildman–Crippen MR) is 130 cm³/mol. The average Bonchev–Trinajstić information content (AvgIpc) is 3.37. The van der Waals surface area contributed by atoms with Crippen molar-refractivity contribution in [3.05, 3.63) is 93.8 Å². The van der Waals surface area contributed by atoms with Gasteiger partial charge in [-0.05, 0) is 49.2 Å². The number of carbonyl (C=O) groups excluding carboxylic acids is 2. The van der Waals surface area contributed by atoms with E-state index >= 15 is 0 Å². The summed E-state index contributed by atoms with van der Waals surface area (Å²) in [5.74, 6) is -1.68. The first kappa shape index (κ1) is 25.7. The van der Waals surface area contributed by atoms with Crippen LogP contribution in [0.4, 0.5) is 8.78 Å². The number of H-pyrrole nitrogens is 2. The number of esters is 2. The minimum absolute atomic E-state index is 0.151. The Kier molecular flexibility index (Phi) is 8.09. The molecule has 0 amide bonds. The lowest BCUT2D eigenvalue weighted by molar-refractivity contribution is 0.0591. The fraction of sp³-hybridized carbons (Fsp3) is 0.154. The first-order valence-corrected chi connectivity index (χ1v) is 10.8. The van der Waals surface area contributed by atoms with Gasteiger partial charge in [0.1, 0.15) is 16.8 Å². The highest BCUT2D eigenvalue weighted by Crippen LogP contribution is 2.32. The third-order valence-electron chi connectivity index (χ3n) is 5.43. The molecule has 2 heterocycles. The molecule has 0 aliphatic heterocycles. The Morgan fingerprint density at radius 2 is 1.31 bits per heavy atom. The average molecular weight is 501 g/mol. The Hall–Kier alpha value is -3.91. The van der Waals surface area contributed by atoms with E-state index in [1.165, 1.54) is 32.5 Å². The van der Waals surface area contributed by atoms with Crippen LogP contribution in [-0.4, -0.2) is 36.1 Å². The van der Waals surface area contributed by atoms with Crippen molar-refractivity contribution in [2.75, 3.05) is 14.2 Å². The molecule has 0 atom stereocenters. The molecule has 0 saturated heterocycles. The normalized spacial score (nSPS) is 10.4. The molecule has 0 spiro atoms. The molecular weight excluding hydrogens is 478 g/mol. The Labute approximate surface area is 205 Å². The van der Waals surface area contributed by atoms with Crippen molar-refractivity contribution in [1.82, 2.24) is 9.97 Å². The monoisotopic (exact) mass is 500 g/mol. The number of hydrogen-bond acceptors (Lipinski definition) is 4. The van der Waals surface area contributed by atoms with E-state index in [9.17, 15) is 18.4 Å². The molecule has 0 unspecified atom stereocenters. The van der Waals surface area contributed by atoms with Crippen LogP contribution in [0, 0.1) is 25.5 Å². The van der Waals surface area contributed by atoms with Crippen LogP contribution in [0.3, 0.4) is 0 Å². The third-order valence-corrected chi connectivity index (χ3v) is 5.71. The molecule has 0 radical (unpaired) electrons. The van der Waals surface area contributed by atoms with Crippen molar-refractivity contribution in [3.8, 4) is 22.5 Å². The van der Waals surface area contributed by atoms with Gasteiger partial charge in [0, 0.05) is 17.3 Å². The molecule has 4 rings (SSSR count). The molecule has 0 bridgehead atoms. The van der Waals surface area contributed by atoms with Crippen LogP contribution in [0.2, 0.25) is 5.15 Å². The number of carbonyl (C=O) groups is 2. The van der Waals surface area contributed by atoms with E-state index in [2.05, 4.69) is 19.4 Å². The maximum atomic E-state index is 13.7. The quantitative estimate of drug-likeness (QED) is 0.314. The van der Waals surface area contributed by atoms with Gasteiger partial charge in [-0.25, -0.2) is 18.4 Å². The van der Waals surface area contributed by atoms with Gasteiger partial charge in [0.2, 0.25) is 0 Å². The summed E-state index contributed by atoms with van der Waals surface area (Å²) in [6.45, 7) is 3.45. The summed E-state index contributed by atoms with van der Waals surface area (Å²) in [7, 11) is 2.59. The van der Waals surface area contributed by atoms with Crippen LogP contribution >= 0.6 is 11.6 Å². The number of halogens is 3. The van der Waals surface area contributed by atoms with E-state index < -0.39 is 11.9 Å². The van der Waals surface area contributed by atoms with E-state index in [0.717, 1.165) is 0 Å². The highest BCUT2D eigenvalue weighted by atomic mass is 35.5. The lowest BCUT2D eigenvalue weighted by atomic mass is 10.1. The molecule has 2 aromatic heterocycles. The number of aromatic amines is 2. The van der Waals surface area contributed by atoms with Crippen LogP contribution in [0.15, 0.2) is 54.7 Å². The van der Waals surface area contributed by atoms with E-state index in [0.29, 0.717) is 39.2 Å². The second-order valence-corrected chi connectivity index (χ2v) is 7.84. The number of methoxy groups -OCH3 is 2. The summed E-state index contributed by atoms with van der Waals surface area (Å²) >= 11 is 5.95. The minimum atomic E-state index is -0.545. The lowest BCUT2D eigenvalue weighted by Crippen LogP contribution is -2.02. The number of nitrogens with one attached hydrogen (secondary N) is 2. The van der Waals surface area contributed by atoms with E-state index in [4.69, 9.17) is 11.6 Å². The standard InChI is InChI=1S/C13H11ClFNO2.C13H12FNO2/c1-7-10(13(17)18-2)12(14)16-11(7)8-5-3-4-6-9(8)15;1-8-10(13(16)17-2)7-15-12(8)9-5-3-4-6-11(9)14/h3-6,16H,1-2H3;3-7,15H,1-2H3. The second-order valence-electron chi connectivity index (χ2n) is 7.46. The van der Waals surface area contributed by atoms with Gasteiger partial charge in [0.15, 0.2) is 0 Å². The number of hydrogen-bond donors (Lipinski definition) is 2. The van der Waals surface area contributed by atoms with Crippen LogP contribution in [-0.2, 0) is 9.47 Å². The predicted octanol–water partition coefficient (Wildman–Crippen LogP) is 6.49. The zero-order valence-electron chi connectivity index (χ0n) is 19.5. The fourth-order valence-corrected chi connectivity index (χ4v) is 3.91.